The van der Waals surface area contributed by atoms with E-state index >= 15 is 0 Å². The van der Waals surface area contributed by atoms with E-state index in [0.717, 1.165) is 24.7 Å². The number of amides is 1. The van der Waals surface area contributed by atoms with E-state index in [2.05, 4.69) is 10.6 Å². The zero-order chi connectivity index (χ0) is 14.6. The van der Waals surface area contributed by atoms with E-state index < -0.39 is 5.60 Å². The number of hydrogen-bond acceptors (Lipinski definition) is 3. The van der Waals surface area contributed by atoms with Crippen LogP contribution in [0.25, 0.3) is 0 Å². The Balaban J connectivity index is 1.70. The third kappa shape index (κ3) is 4.97. The molecule has 0 aromatic rings. The van der Waals surface area contributed by atoms with Crippen molar-refractivity contribution < 1.29 is 9.53 Å². The molecule has 4 heteroatoms. The van der Waals surface area contributed by atoms with Crippen LogP contribution >= 0.6 is 0 Å². The van der Waals surface area contributed by atoms with Crippen molar-refractivity contribution in [2.24, 2.45) is 11.8 Å². The molecule has 4 nitrogen and oxygen atoms in total. The molecule has 1 heterocycles. The summed E-state index contributed by atoms with van der Waals surface area (Å²) in [5, 5.41) is 6.46. The summed E-state index contributed by atoms with van der Waals surface area (Å²) in [6.07, 6.45) is 7.12. The summed E-state index contributed by atoms with van der Waals surface area (Å²) in [5.41, 5.74) is -0.406. The average molecular weight is 282 g/mol. The zero-order valence-electron chi connectivity index (χ0n) is 13.2. The second kappa shape index (κ2) is 6.79. The first-order chi connectivity index (χ1) is 9.44. The lowest BCUT2D eigenvalue weighted by molar-refractivity contribution is 0.0480. The third-order valence-electron chi connectivity index (χ3n) is 4.54. The molecule has 0 spiro atoms. The van der Waals surface area contributed by atoms with Crippen LogP contribution in [0.1, 0.15) is 59.3 Å². The van der Waals surface area contributed by atoms with E-state index in [1.807, 2.05) is 20.8 Å². The van der Waals surface area contributed by atoms with Gasteiger partial charge < -0.3 is 15.4 Å². The topological polar surface area (TPSA) is 50.4 Å². The van der Waals surface area contributed by atoms with Gasteiger partial charge in [-0.05, 0) is 84.2 Å². The number of alkyl carbamates (subject to hydrolysis) is 1. The van der Waals surface area contributed by atoms with Gasteiger partial charge in [-0.25, -0.2) is 4.79 Å². The van der Waals surface area contributed by atoms with Crippen LogP contribution in [-0.4, -0.2) is 30.8 Å². The minimum atomic E-state index is -0.406. The minimum absolute atomic E-state index is 0.261. The van der Waals surface area contributed by atoms with Crippen LogP contribution in [0.5, 0.6) is 0 Å². The van der Waals surface area contributed by atoms with Crippen LogP contribution < -0.4 is 10.6 Å². The van der Waals surface area contributed by atoms with Crippen LogP contribution in [0.15, 0.2) is 0 Å². The Labute approximate surface area is 123 Å². The number of piperidine rings is 1. The van der Waals surface area contributed by atoms with E-state index in [1.54, 1.807) is 0 Å². The van der Waals surface area contributed by atoms with Crippen LogP contribution in [0, 0.1) is 11.8 Å². The molecule has 2 fully saturated rings. The van der Waals surface area contributed by atoms with E-state index in [4.69, 9.17) is 4.74 Å². The first kappa shape index (κ1) is 15.6. The molecule has 0 radical (unpaired) electrons. The molecule has 1 aliphatic heterocycles. The molecule has 0 bridgehead atoms. The van der Waals surface area contributed by atoms with Crippen molar-refractivity contribution in [1.82, 2.24) is 10.6 Å². The number of nitrogens with one attached hydrogen (secondary N) is 2. The zero-order valence-corrected chi connectivity index (χ0v) is 13.2. The standard InChI is InChI=1S/C16H30N2O2/c1-16(2,3)20-15(19)18-14-6-4-12(5-7-14)13-8-10-17-11-9-13/h12-14,17H,4-11H2,1-3H3,(H,18,19). The van der Waals surface area contributed by atoms with Crippen LogP contribution in [0.4, 0.5) is 4.79 Å². The molecule has 1 amide bonds. The van der Waals surface area contributed by atoms with Crippen molar-refractivity contribution in [3.05, 3.63) is 0 Å². The minimum Gasteiger partial charge on any atom is -0.444 e. The Hall–Kier alpha value is -0.770. The van der Waals surface area contributed by atoms with Gasteiger partial charge in [-0.2, -0.15) is 0 Å². The number of carbonyl (C=O) groups excluding carboxylic acids is 1. The number of carbonyl (C=O) groups is 1. The molecule has 0 aromatic heterocycles. The maximum Gasteiger partial charge on any atom is 0.407 e. The summed E-state index contributed by atoms with van der Waals surface area (Å²) in [7, 11) is 0. The fraction of sp³-hybridized carbons (Fsp3) is 0.938. The summed E-state index contributed by atoms with van der Waals surface area (Å²) in [6.45, 7) is 8.07. The molecule has 1 saturated carbocycles. The predicted molar refractivity (Wildman–Crippen MR) is 80.7 cm³/mol. The number of ether oxygens (including phenoxy) is 1. The van der Waals surface area contributed by atoms with Crippen molar-refractivity contribution >= 4 is 6.09 Å². The van der Waals surface area contributed by atoms with Gasteiger partial charge >= 0.3 is 6.09 Å². The molecule has 2 N–H and O–H groups in total. The fourth-order valence-corrected chi connectivity index (χ4v) is 3.52. The van der Waals surface area contributed by atoms with Gasteiger partial charge in [-0.1, -0.05) is 0 Å². The molecule has 0 atom stereocenters. The molecule has 116 valence electrons. The fourth-order valence-electron chi connectivity index (χ4n) is 3.52. The van der Waals surface area contributed by atoms with Crippen LogP contribution in [0.3, 0.4) is 0 Å². The van der Waals surface area contributed by atoms with Gasteiger partial charge in [0.2, 0.25) is 0 Å². The van der Waals surface area contributed by atoms with Gasteiger partial charge in [0.15, 0.2) is 0 Å². The molecule has 1 saturated heterocycles. The Bertz CT molecular complexity index is 311. The molecule has 20 heavy (non-hydrogen) atoms. The maximum atomic E-state index is 11.8. The van der Waals surface area contributed by atoms with E-state index in [0.29, 0.717) is 6.04 Å². The Morgan fingerprint density at radius 3 is 2.10 bits per heavy atom. The number of hydrogen-bond donors (Lipinski definition) is 2. The highest BCUT2D eigenvalue weighted by molar-refractivity contribution is 5.68. The molecular formula is C16H30N2O2. The molecular weight excluding hydrogens is 252 g/mol. The van der Waals surface area contributed by atoms with Gasteiger partial charge in [0.05, 0.1) is 0 Å². The Morgan fingerprint density at radius 1 is 1.00 bits per heavy atom. The van der Waals surface area contributed by atoms with Crippen molar-refractivity contribution in [3.63, 3.8) is 0 Å². The van der Waals surface area contributed by atoms with Crippen molar-refractivity contribution in [3.8, 4) is 0 Å². The Morgan fingerprint density at radius 2 is 1.55 bits per heavy atom. The lowest BCUT2D eigenvalue weighted by atomic mass is 9.75. The van der Waals surface area contributed by atoms with Gasteiger partial charge in [0.1, 0.15) is 5.60 Å². The highest BCUT2D eigenvalue weighted by Crippen LogP contribution is 2.34. The lowest BCUT2D eigenvalue weighted by Crippen LogP contribution is -2.42. The first-order valence-corrected chi connectivity index (χ1v) is 8.14. The predicted octanol–water partition coefficient (Wildman–Crippen LogP) is 3.07. The quantitative estimate of drug-likeness (QED) is 0.818. The third-order valence-corrected chi connectivity index (χ3v) is 4.54. The van der Waals surface area contributed by atoms with E-state index in [-0.39, 0.29) is 6.09 Å². The Kier molecular flexibility index (Phi) is 5.30. The van der Waals surface area contributed by atoms with Gasteiger partial charge in [0.25, 0.3) is 0 Å². The van der Waals surface area contributed by atoms with Crippen LogP contribution in [-0.2, 0) is 4.74 Å². The molecule has 1 aliphatic carbocycles. The molecule has 2 rings (SSSR count). The number of rotatable bonds is 2. The van der Waals surface area contributed by atoms with Crippen molar-refractivity contribution in [1.29, 1.82) is 0 Å². The second-order valence-electron chi connectivity index (χ2n) is 7.35. The summed E-state index contributed by atoms with van der Waals surface area (Å²) in [5.74, 6) is 1.77. The largest absolute Gasteiger partial charge is 0.444 e. The second-order valence-corrected chi connectivity index (χ2v) is 7.35. The van der Waals surface area contributed by atoms with Gasteiger partial charge in [-0.15, -0.1) is 0 Å². The normalized spacial score (nSPS) is 28.9. The first-order valence-electron chi connectivity index (χ1n) is 8.14. The summed E-state index contributed by atoms with van der Waals surface area (Å²) in [6, 6.07) is 0.308. The SMILES string of the molecule is CC(C)(C)OC(=O)NC1CCC(C2CCNCC2)CC1. The van der Waals surface area contributed by atoms with Crippen molar-refractivity contribution in [2.75, 3.05) is 13.1 Å². The average Bonchev–Trinajstić information content (AvgIpc) is 2.38. The lowest BCUT2D eigenvalue weighted by Gasteiger charge is -2.36. The van der Waals surface area contributed by atoms with Gasteiger partial charge in [0, 0.05) is 6.04 Å². The smallest absolute Gasteiger partial charge is 0.407 e. The monoisotopic (exact) mass is 282 g/mol. The molecule has 2 aliphatic rings. The van der Waals surface area contributed by atoms with Crippen molar-refractivity contribution in [2.45, 2.75) is 70.9 Å². The summed E-state index contributed by atoms with van der Waals surface area (Å²) in [4.78, 5) is 11.8. The van der Waals surface area contributed by atoms with E-state index in [9.17, 15) is 4.79 Å². The highest BCUT2D eigenvalue weighted by Gasteiger charge is 2.29. The summed E-state index contributed by atoms with van der Waals surface area (Å²) < 4.78 is 5.33. The summed E-state index contributed by atoms with van der Waals surface area (Å²) >= 11 is 0. The molecule has 0 unspecified atom stereocenters. The van der Waals surface area contributed by atoms with Crippen LogP contribution in [0.2, 0.25) is 0 Å². The van der Waals surface area contributed by atoms with E-state index in [1.165, 1.54) is 38.8 Å². The highest BCUT2D eigenvalue weighted by atomic mass is 16.6. The van der Waals surface area contributed by atoms with Gasteiger partial charge in [-0.3, -0.25) is 0 Å². The molecule has 0 aromatic carbocycles. The maximum absolute atomic E-state index is 11.8.